The van der Waals surface area contributed by atoms with Crippen molar-refractivity contribution in [1.82, 2.24) is 4.98 Å². The largest absolute Gasteiger partial charge is 2.00 e. The Bertz CT molecular complexity index is 302. The summed E-state index contributed by atoms with van der Waals surface area (Å²) >= 11 is 0. The second kappa shape index (κ2) is 12.4. The van der Waals surface area contributed by atoms with E-state index in [1.54, 1.807) is 12.4 Å². The third kappa shape index (κ3) is 10.6. The zero-order valence-electron chi connectivity index (χ0n) is 9.46. The summed E-state index contributed by atoms with van der Waals surface area (Å²) in [5.74, 6) is 0. The predicted octanol–water partition coefficient (Wildman–Crippen LogP) is 3.89. The third-order valence-corrected chi connectivity index (χ3v) is 1.68. The van der Waals surface area contributed by atoms with Crippen molar-refractivity contribution in [1.29, 1.82) is 0 Å². The maximum Gasteiger partial charge on any atom is 2.00 e. The fraction of sp³-hybridized carbons (Fsp3) is 0. The van der Waals surface area contributed by atoms with Gasteiger partial charge in [-0.2, -0.15) is 36.4 Å². The monoisotopic (exact) mass is 265 g/mol. The molecule has 1 nitrogen and oxygen atoms in total. The first kappa shape index (κ1) is 15.4. The van der Waals surface area contributed by atoms with Crippen LogP contribution in [0.4, 0.5) is 0 Å². The van der Waals surface area contributed by atoms with Gasteiger partial charge in [0.2, 0.25) is 0 Å². The average Bonchev–Trinajstić information content (AvgIpc) is 3.10. The first-order valence-corrected chi connectivity index (χ1v) is 5.18. The molecule has 0 bridgehead atoms. The summed E-state index contributed by atoms with van der Waals surface area (Å²) in [6.45, 7) is 0. The molecule has 0 aliphatic heterocycles. The molecular weight excluding hydrogens is 250 g/mol. The van der Waals surface area contributed by atoms with Crippen LogP contribution < -0.4 is 0 Å². The SMILES string of the molecule is [Fe+2].c1cc[cH-]c1.c1cc[cH-]c1.c1ccncc1. The Hall–Kier alpha value is -1.63. The van der Waals surface area contributed by atoms with Gasteiger partial charge in [0, 0.05) is 12.4 Å². The summed E-state index contributed by atoms with van der Waals surface area (Å²) in [7, 11) is 0. The molecule has 2 heteroatoms. The fourth-order valence-corrected chi connectivity index (χ4v) is 0.954. The Balaban J connectivity index is 0.000000221. The van der Waals surface area contributed by atoms with E-state index in [2.05, 4.69) is 4.98 Å². The smallest absolute Gasteiger partial charge is 0.265 e. The van der Waals surface area contributed by atoms with E-state index < -0.39 is 0 Å². The Morgan fingerprint density at radius 1 is 0.529 bits per heavy atom. The van der Waals surface area contributed by atoms with Gasteiger partial charge in [0.15, 0.2) is 0 Å². The Morgan fingerprint density at radius 3 is 1.06 bits per heavy atom. The van der Waals surface area contributed by atoms with E-state index in [4.69, 9.17) is 0 Å². The van der Waals surface area contributed by atoms with Crippen LogP contribution in [0.5, 0.6) is 0 Å². The molecule has 0 radical (unpaired) electrons. The van der Waals surface area contributed by atoms with Crippen LogP contribution in [0.2, 0.25) is 0 Å². The maximum atomic E-state index is 3.78. The molecule has 0 N–H and O–H groups in total. The van der Waals surface area contributed by atoms with E-state index in [0.29, 0.717) is 0 Å². The predicted molar refractivity (Wildman–Crippen MR) is 68.3 cm³/mol. The van der Waals surface area contributed by atoms with Crippen molar-refractivity contribution < 1.29 is 17.1 Å². The number of nitrogens with zero attached hydrogens (tertiary/aromatic N) is 1. The van der Waals surface area contributed by atoms with Crippen LogP contribution in [0.25, 0.3) is 0 Å². The number of hydrogen-bond acceptors (Lipinski definition) is 1. The second-order valence-electron chi connectivity index (χ2n) is 2.95. The molecule has 0 aliphatic rings. The van der Waals surface area contributed by atoms with Gasteiger partial charge in [-0.3, -0.25) is 4.98 Å². The molecule has 0 unspecified atom stereocenters. The third-order valence-electron chi connectivity index (χ3n) is 1.68. The molecule has 0 amide bonds. The van der Waals surface area contributed by atoms with Crippen LogP contribution in [0, 0.1) is 0 Å². The zero-order chi connectivity index (χ0) is 11.3. The van der Waals surface area contributed by atoms with Crippen molar-refractivity contribution in [3.05, 3.63) is 91.3 Å². The minimum absolute atomic E-state index is 0. The quantitative estimate of drug-likeness (QED) is 0.444. The molecule has 3 aromatic rings. The normalized spacial score (nSPS) is 7.53. The van der Waals surface area contributed by atoms with Crippen LogP contribution in [-0.4, -0.2) is 4.98 Å². The summed E-state index contributed by atoms with van der Waals surface area (Å²) in [5.41, 5.74) is 0. The van der Waals surface area contributed by atoms with Crippen LogP contribution in [0.15, 0.2) is 91.3 Å². The molecule has 0 saturated heterocycles. The topological polar surface area (TPSA) is 12.9 Å². The maximum absolute atomic E-state index is 3.78. The minimum atomic E-state index is 0. The molecule has 1 heterocycles. The molecule has 2 aromatic carbocycles. The molecule has 0 atom stereocenters. The Kier molecular flexibility index (Phi) is 11.2. The van der Waals surface area contributed by atoms with Gasteiger partial charge in [-0.25, -0.2) is 24.3 Å². The molecule has 17 heavy (non-hydrogen) atoms. The number of aromatic nitrogens is 1. The summed E-state index contributed by atoms with van der Waals surface area (Å²) < 4.78 is 0. The molecule has 88 valence electrons. The average molecular weight is 265 g/mol. The van der Waals surface area contributed by atoms with Gasteiger partial charge in [0.05, 0.1) is 0 Å². The number of hydrogen-bond donors (Lipinski definition) is 0. The first-order chi connectivity index (χ1) is 8.00. The summed E-state index contributed by atoms with van der Waals surface area (Å²) in [4.78, 5) is 3.78. The van der Waals surface area contributed by atoms with Crippen molar-refractivity contribution in [2.24, 2.45) is 0 Å². The van der Waals surface area contributed by atoms with Gasteiger partial charge < -0.3 is 0 Å². The van der Waals surface area contributed by atoms with Crippen molar-refractivity contribution >= 4 is 0 Å². The number of pyridine rings is 1. The molecule has 0 spiro atoms. The molecular formula is C15H15FeN. The Morgan fingerprint density at radius 2 is 0.941 bits per heavy atom. The summed E-state index contributed by atoms with van der Waals surface area (Å²) in [5, 5.41) is 0. The standard InChI is InChI=1S/C5H5N.2C5H5.Fe/c1-2-4-6-5-3-1;2*1-2-4-5-3-1;/h1-5H;2*1-5H;/q;2*-1;+2. The fourth-order valence-electron chi connectivity index (χ4n) is 0.954. The molecule has 0 fully saturated rings. The zero-order valence-corrected chi connectivity index (χ0v) is 10.6. The van der Waals surface area contributed by atoms with Crippen molar-refractivity contribution in [3.8, 4) is 0 Å². The second-order valence-corrected chi connectivity index (χ2v) is 2.95. The van der Waals surface area contributed by atoms with Crippen LogP contribution in [0.1, 0.15) is 0 Å². The van der Waals surface area contributed by atoms with Crippen molar-refractivity contribution in [3.63, 3.8) is 0 Å². The van der Waals surface area contributed by atoms with Gasteiger partial charge in [-0.1, -0.05) is 6.07 Å². The van der Waals surface area contributed by atoms with E-state index in [9.17, 15) is 0 Å². The van der Waals surface area contributed by atoms with E-state index in [1.807, 2.05) is 78.9 Å². The van der Waals surface area contributed by atoms with Crippen LogP contribution in [0.3, 0.4) is 0 Å². The van der Waals surface area contributed by atoms with Gasteiger partial charge in [0.1, 0.15) is 0 Å². The van der Waals surface area contributed by atoms with E-state index in [0.717, 1.165) is 0 Å². The Labute approximate surface area is 113 Å². The van der Waals surface area contributed by atoms with E-state index in [1.165, 1.54) is 0 Å². The van der Waals surface area contributed by atoms with Crippen LogP contribution in [-0.2, 0) is 17.1 Å². The van der Waals surface area contributed by atoms with Crippen LogP contribution >= 0.6 is 0 Å². The molecule has 0 aliphatic carbocycles. The van der Waals surface area contributed by atoms with Crippen molar-refractivity contribution in [2.45, 2.75) is 0 Å². The first-order valence-electron chi connectivity index (χ1n) is 5.18. The van der Waals surface area contributed by atoms with Gasteiger partial charge in [-0.05, 0) is 12.1 Å². The van der Waals surface area contributed by atoms with Crippen molar-refractivity contribution in [2.75, 3.05) is 0 Å². The van der Waals surface area contributed by atoms with E-state index >= 15 is 0 Å². The van der Waals surface area contributed by atoms with E-state index in [-0.39, 0.29) is 17.1 Å². The van der Waals surface area contributed by atoms with Gasteiger partial charge in [-0.15, -0.1) is 0 Å². The summed E-state index contributed by atoms with van der Waals surface area (Å²) in [6.07, 6.45) is 3.50. The summed E-state index contributed by atoms with van der Waals surface area (Å²) in [6, 6.07) is 25.7. The number of rotatable bonds is 0. The van der Waals surface area contributed by atoms with Gasteiger partial charge >= 0.3 is 17.1 Å². The van der Waals surface area contributed by atoms with Gasteiger partial charge in [0.25, 0.3) is 0 Å². The minimum Gasteiger partial charge on any atom is -0.265 e. The molecule has 3 rings (SSSR count). The molecule has 1 aromatic heterocycles. The molecule has 0 saturated carbocycles.